The molecule has 2 rings (SSSR count). The van der Waals surface area contributed by atoms with Crippen LogP contribution in [0.25, 0.3) is 0 Å². The summed E-state index contributed by atoms with van der Waals surface area (Å²) in [7, 11) is 3.12. The lowest BCUT2D eigenvalue weighted by molar-refractivity contribution is -0.145. The van der Waals surface area contributed by atoms with E-state index in [0.717, 1.165) is 19.3 Å². The highest BCUT2D eigenvalue weighted by Crippen LogP contribution is 2.30. The lowest BCUT2D eigenvalue weighted by Gasteiger charge is -2.28. The number of rotatable bonds is 4. The van der Waals surface area contributed by atoms with Crippen molar-refractivity contribution in [2.24, 2.45) is 0 Å². The standard InChI is InChI=1S/C13H18F3N3O2/c1-17-10-7-11(19-12(18-10)13(14,15)16)21-9-5-3-4-8(6-9)20-2/h7-9H,3-6H2,1-2H3,(H,17,18,19). The molecule has 8 heteroatoms. The van der Waals surface area contributed by atoms with Crippen LogP contribution >= 0.6 is 0 Å². The molecule has 0 aromatic carbocycles. The molecule has 0 radical (unpaired) electrons. The zero-order valence-electron chi connectivity index (χ0n) is 11.9. The molecule has 2 unspecified atom stereocenters. The summed E-state index contributed by atoms with van der Waals surface area (Å²) in [6, 6.07) is 1.37. The molecule has 0 spiro atoms. The Labute approximate surface area is 120 Å². The van der Waals surface area contributed by atoms with Gasteiger partial charge in [-0.25, -0.2) is 4.98 Å². The summed E-state index contributed by atoms with van der Waals surface area (Å²) in [4.78, 5) is 6.85. The Kier molecular flexibility index (Phi) is 4.87. The highest BCUT2D eigenvalue weighted by Gasteiger charge is 2.36. The Balaban J connectivity index is 2.15. The zero-order chi connectivity index (χ0) is 15.5. The molecular weight excluding hydrogens is 287 g/mol. The number of ether oxygens (including phenoxy) is 2. The van der Waals surface area contributed by atoms with Gasteiger partial charge in [-0.1, -0.05) is 0 Å². The zero-order valence-corrected chi connectivity index (χ0v) is 11.9. The molecule has 1 aliphatic rings. The second-order valence-corrected chi connectivity index (χ2v) is 4.93. The van der Waals surface area contributed by atoms with Crippen molar-refractivity contribution in [3.63, 3.8) is 0 Å². The van der Waals surface area contributed by atoms with E-state index in [4.69, 9.17) is 9.47 Å². The van der Waals surface area contributed by atoms with Gasteiger partial charge in [-0.2, -0.15) is 18.2 Å². The third kappa shape index (κ3) is 4.20. The molecule has 1 heterocycles. The van der Waals surface area contributed by atoms with Crippen molar-refractivity contribution in [1.82, 2.24) is 9.97 Å². The van der Waals surface area contributed by atoms with Crippen molar-refractivity contribution in [2.75, 3.05) is 19.5 Å². The van der Waals surface area contributed by atoms with Gasteiger partial charge in [0.05, 0.1) is 6.10 Å². The van der Waals surface area contributed by atoms with Crippen molar-refractivity contribution < 1.29 is 22.6 Å². The highest BCUT2D eigenvalue weighted by molar-refractivity contribution is 5.38. The van der Waals surface area contributed by atoms with E-state index < -0.39 is 12.0 Å². The first-order chi connectivity index (χ1) is 9.92. The summed E-state index contributed by atoms with van der Waals surface area (Å²) in [5.41, 5.74) is 0. The van der Waals surface area contributed by atoms with Crippen LogP contribution in [0.15, 0.2) is 6.07 Å². The summed E-state index contributed by atoms with van der Waals surface area (Å²) in [5.74, 6) is -1.20. The number of hydrogen-bond acceptors (Lipinski definition) is 5. The minimum Gasteiger partial charge on any atom is -0.474 e. The van der Waals surface area contributed by atoms with E-state index >= 15 is 0 Å². The van der Waals surface area contributed by atoms with Gasteiger partial charge in [-0.3, -0.25) is 0 Å². The molecule has 1 aromatic rings. The van der Waals surface area contributed by atoms with E-state index in [1.54, 1.807) is 7.11 Å². The average Bonchev–Trinajstić information content (AvgIpc) is 2.46. The van der Waals surface area contributed by atoms with Gasteiger partial charge >= 0.3 is 6.18 Å². The maximum absolute atomic E-state index is 12.8. The molecule has 0 aliphatic heterocycles. The number of nitrogens with one attached hydrogen (secondary N) is 1. The van der Waals surface area contributed by atoms with E-state index in [2.05, 4.69) is 15.3 Å². The van der Waals surface area contributed by atoms with Crippen LogP contribution < -0.4 is 10.1 Å². The minimum atomic E-state index is -4.60. The van der Waals surface area contributed by atoms with Crippen molar-refractivity contribution in [3.8, 4) is 5.88 Å². The Morgan fingerprint density at radius 3 is 2.57 bits per heavy atom. The maximum atomic E-state index is 12.8. The third-order valence-electron chi connectivity index (χ3n) is 3.41. The molecule has 118 valence electrons. The Morgan fingerprint density at radius 1 is 1.24 bits per heavy atom. The van der Waals surface area contributed by atoms with Gasteiger partial charge in [0.1, 0.15) is 11.9 Å². The largest absolute Gasteiger partial charge is 0.474 e. The number of methoxy groups -OCH3 is 1. The van der Waals surface area contributed by atoms with Gasteiger partial charge in [0.2, 0.25) is 11.7 Å². The topological polar surface area (TPSA) is 56.3 Å². The van der Waals surface area contributed by atoms with E-state index in [0.29, 0.717) is 6.42 Å². The lowest BCUT2D eigenvalue weighted by atomic mass is 9.95. The fraction of sp³-hybridized carbons (Fsp3) is 0.692. The Bertz CT molecular complexity index is 482. The summed E-state index contributed by atoms with van der Waals surface area (Å²) in [5, 5.41) is 2.58. The summed E-state index contributed by atoms with van der Waals surface area (Å²) >= 11 is 0. The normalized spacial score (nSPS) is 22.9. The smallest absolute Gasteiger partial charge is 0.451 e. The molecule has 2 atom stereocenters. The first kappa shape index (κ1) is 15.8. The van der Waals surface area contributed by atoms with Crippen LogP contribution in [0.5, 0.6) is 5.88 Å². The average molecular weight is 305 g/mol. The van der Waals surface area contributed by atoms with E-state index in [1.165, 1.54) is 13.1 Å². The fourth-order valence-electron chi connectivity index (χ4n) is 2.33. The van der Waals surface area contributed by atoms with Crippen LogP contribution in [0.2, 0.25) is 0 Å². The SMILES string of the molecule is CNc1cc(OC2CCCC(OC)C2)nc(C(F)(F)F)n1. The number of anilines is 1. The maximum Gasteiger partial charge on any atom is 0.451 e. The number of aromatic nitrogens is 2. The van der Waals surface area contributed by atoms with Gasteiger partial charge in [0, 0.05) is 26.6 Å². The highest BCUT2D eigenvalue weighted by atomic mass is 19.4. The predicted octanol–water partition coefficient (Wildman–Crippen LogP) is 2.87. The van der Waals surface area contributed by atoms with Crippen molar-refractivity contribution in [1.29, 1.82) is 0 Å². The predicted molar refractivity (Wildman–Crippen MR) is 70.3 cm³/mol. The first-order valence-corrected chi connectivity index (χ1v) is 6.76. The van der Waals surface area contributed by atoms with Gasteiger partial charge in [0.25, 0.3) is 0 Å². The molecule has 1 fully saturated rings. The number of hydrogen-bond donors (Lipinski definition) is 1. The molecule has 0 saturated heterocycles. The van der Waals surface area contributed by atoms with Crippen LogP contribution in [0.4, 0.5) is 19.0 Å². The second kappa shape index (κ2) is 6.46. The second-order valence-electron chi connectivity index (χ2n) is 4.93. The van der Waals surface area contributed by atoms with Crippen molar-refractivity contribution in [3.05, 3.63) is 11.9 Å². The van der Waals surface area contributed by atoms with Gasteiger partial charge < -0.3 is 14.8 Å². The molecule has 1 N–H and O–H groups in total. The molecule has 21 heavy (non-hydrogen) atoms. The molecule has 1 saturated carbocycles. The molecule has 1 aliphatic carbocycles. The van der Waals surface area contributed by atoms with Crippen LogP contribution in [-0.2, 0) is 10.9 Å². The van der Waals surface area contributed by atoms with Gasteiger partial charge in [-0.15, -0.1) is 0 Å². The minimum absolute atomic E-state index is 0.0663. The van der Waals surface area contributed by atoms with Gasteiger partial charge in [-0.05, 0) is 19.3 Å². The van der Waals surface area contributed by atoms with Crippen molar-refractivity contribution in [2.45, 2.75) is 44.1 Å². The number of alkyl halides is 3. The summed E-state index contributed by atoms with van der Waals surface area (Å²) in [6.07, 6.45) is -1.43. The molecule has 0 bridgehead atoms. The Hall–Kier alpha value is -1.57. The lowest BCUT2D eigenvalue weighted by Crippen LogP contribution is -2.30. The van der Waals surface area contributed by atoms with E-state index in [9.17, 15) is 13.2 Å². The summed E-state index contributed by atoms with van der Waals surface area (Å²) < 4.78 is 49.1. The third-order valence-corrected chi connectivity index (χ3v) is 3.41. The molecular formula is C13H18F3N3O2. The number of halogens is 3. The molecule has 0 amide bonds. The molecule has 1 aromatic heterocycles. The quantitative estimate of drug-likeness (QED) is 0.927. The van der Waals surface area contributed by atoms with Crippen LogP contribution in [0, 0.1) is 0 Å². The summed E-state index contributed by atoms with van der Waals surface area (Å²) in [6.45, 7) is 0. The molecule has 5 nitrogen and oxygen atoms in total. The van der Waals surface area contributed by atoms with Gasteiger partial charge in [0.15, 0.2) is 0 Å². The van der Waals surface area contributed by atoms with Crippen LogP contribution in [0.3, 0.4) is 0 Å². The number of nitrogens with zero attached hydrogens (tertiary/aromatic N) is 2. The fourth-order valence-corrected chi connectivity index (χ4v) is 2.33. The van der Waals surface area contributed by atoms with Crippen LogP contribution in [0.1, 0.15) is 31.5 Å². The van der Waals surface area contributed by atoms with E-state index in [1.807, 2.05) is 0 Å². The Morgan fingerprint density at radius 2 is 1.95 bits per heavy atom. The van der Waals surface area contributed by atoms with Crippen molar-refractivity contribution >= 4 is 5.82 Å². The van der Waals surface area contributed by atoms with Crippen LogP contribution in [-0.4, -0.2) is 36.3 Å². The monoisotopic (exact) mass is 305 g/mol. The van der Waals surface area contributed by atoms with E-state index in [-0.39, 0.29) is 23.9 Å². The first-order valence-electron chi connectivity index (χ1n) is 6.76.